The maximum Gasteiger partial charge on any atom is 0.279 e. The van der Waals surface area contributed by atoms with Gasteiger partial charge in [-0.05, 0) is 55.8 Å². The zero-order chi connectivity index (χ0) is 23.6. The Hall–Kier alpha value is -3.07. The number of fused-ring (bicyclic) bond motifs is 1. The number of hydrogen-bond acceptors (Lipinski definition) is 4. The van der Waals surface area contributed by atoms with E-state index < -0.39 is 15.9 Å². The maximum atomic E-state index is 13.3. The highest BCUT2D eigenvalue weighted by atomic mass is 32.2. The number of carbonyl (C=O) groups is 1. The summed E-state index contributed by atoms with van der Waals surface area (Å²) in [6.07, 6.45) is 0. The van der Waals surface area contributed by atoms with Gasteiger partial charge in [0.1, 0.15) is 0 Å². The minimum atomic E-state index is -3.73. The summed E-state index contributed by atoms with van der Waals surface area (Å²) in [6, 6.07) is 23.1. The van der Waals surface area contributed by atoms with Crippen LogP contribution in [0.3, 0.4) is 0 Å². The van der Waals surface area contributed by atoms with E-state index >= 15 is 0 Å². The minimum Gasteiger partial charge on any atom is -0.319 e. The summed E-state index contributed by atoms with van der Waals surface area (Å²) in [5.74, 6) is -0.411. The van der Waals surface area contributed by atoms with E-state index in [1.54, 1.807) is 0 Å². The van der Waals surface area contributed by atoms with Crippen molar-refractivity contribution in [3.8, 4) is 0 Å². The molecule has 3 aromatic carbocycles. The topological polar surface area (TPSA) is 71.7 Å². The quantitative estimate of drug-likeness (QED) is 0.406. The monoisotopic (exact) mass is 479 g/mol. The molecular weight excluding hydrogens is 454 g/mol. The summed E-state index contributed by atoms with van der Waals surface area (Å²) in [7, 11) is -1.87. The molecule has 0 saturated carbocycles. The van der Waals surface area contributed by atoms with Crippen LogP contribution in [-0.4, -0.2) is 29.2 Å². The van der Waals surface area contributed by atoms with Crippen LogP contribution < -0.4 is 4.80 Å². The van der Waals surface area contributed by atoms with Gasteiger partial charge in [-0.2, -0.15) is 9.30 Å². The summed E-state index contributed by atoms with van der Waals surface area (Å²) >= 11 is 1.44. The van der Waals surface area contributed by atoms with E-state index in [1.165, 1.54) is 39.9 Å². The molecule has 4 aromatic rings. The van der Waals surface area contributed by atoms with E-state index in [9.17, 15) is 13.2 Å². The molecule has 1 heterocycles. The molecule has 33 heavy (non-hydrogen) atoms. The van der Waals surface area contributed by atoms with E-state index in [0.29, 0.717) is 10.4 Å². The summed E-state index contributed by atoms with van der Waals surface area (Å²) in [5, 5.41) is 0. The van der Waals surface area contributed by atoms with Crippen molar-refractivity contribution in [1.82, 2.24) is 8.87 Å². The number of benzene rings is 3. The Morgan fingerprint density at radius 2 is 1.61 bits per heavy atom. The average Bonchev–Trinajstić information content (AvgIpc) is 3.13. The summed E-state index contributed by atoms with van der Waals surface area (Å²) in [4.78, 5) is 17.8. The fraction of sp³-hybridized carbons (Fsp3) is 0.200. The molecule has 1 amide bonds. The molecule has 4 rings (SSSR count). The molecule has 0 saturated heterocycles. The highest BCUT2D eigenvalue weighted by molar-refractivity contribution is 7.89. The van der Waals surface area contributed by atoms with Crippen molar-refractivity contribution in [3.05, 3.63) is 94.8 Å². The standard InChI is InChI=1S/C25H25N3O3S2/c1-18(2)28(17-19-9-5-4-6-10-19)33(30,31)21-15-13-20(14-16-21)24(29)26-25-27(3)22-11-7-8-12-23(22)32-25/h4-16,18H,17H2,1-3H3. The number of nitrogens with zero attached hydrogens (tertiary/aromatic N) is 3. The van der Waals surface area contributed by atoms with Crippen LogP contribution in [0, 0.1) is 0 Å². The second-order valence-electron chi connectivity index (χ2n) is 7.98. The van der Waals surface area contributed by atoms with Crippen molar-refractivity contribution < 1.29 is 13.2 Å². The fourth-order valence-corrected chi connectivity index (χ4v) is 6.19. The molecule has 8 heteroatoms. The van der Waals surface area contributed by atoms with Crippen LogP contribution in [0.5, 0.6) is 0 Å². The molecule has 0 N–H and O–H groups in total. The largest absolute Gasteiger partial charge is 0.319 e. The number of aryl methyl sites for hydroxylation is 1. The van der Waals surface area contributed by atoms with Crippen molar-refractivity contribution in [2.75, 3.05) is 0 Å². The second kappa shape index (κ2) is 9.43. The Morgan fingerprint density at radius 3 is 2.24 bits per heavy atom. The molecule has 0 bridgehead atoms. The molecule has 6 nitrogen and oxygen atoms in total. The number of rotatable bonds is 6. The van der Waals surface area contributed by atoms with Gasteiger partial charge in [0.05, 0.1) is 15.1 Å². The van der Waals surface area contributed by atoms with Gasteiger partial charge < -0.3 is 4.57 Å². The lowest BCUT2D eigenvalue weighted by Crippen LogP contribution is -2.36. The highest BCUT2D eigenvalue weighted by Gasteiger charge is 2.27. The van der Waals surface area contributed by atoms with Gasteiger partial charge in [-0.25, -0.2) is 8.42 Å². The van der Waals surface area contributed by atoms with Crippen molar-refractivity contribution in [2.45, 2.75) is 31.3 Å². The van der Waals surface area contributed by atoms with Gasteiger partial charge in [0.15, 0.2) is 4.80 Å². The van der Waals surface area contributed by atoms with Gasteiger partial charge in [0, 0.05) is 25.2 Å². The van der Waals surface area contributed by atoms with Crippen LogP contribution >= 0.6 is 11.3 Å². The number of carbonyl (C=O) groups excluding carboxylic acids is 1. The predicted molar refractivity (Wildman–Crippen MR) is 131 cm³/mol. The molecule has 1 aromatic heterocycles. The average molecular weight is 480 g/mol. The number of para-hydroxylation sites is 1. The molecule has 0 radical (unpaired) electrons. The molecular formula is C25H25N3O3S2. The number of aromatic nitrogens is 1. The Morgan fingerprint density at radius 1 is 0.970 bits per heavy atom. The normalized spacial score (nSPS) is 12.7. The number of amides is 1. The van der Waals surface area contributed by atoms with Crippen molar-refractivity contribution >= 4 is 37.5 Å². The third kappa shape index (κ3) is 4.83. The maximum absolute atomic E-state index is 13.3. The Balaban J connectivity index is 1.61. The van der Waals surface area contributed by atoms with Crippen LogP contribution in [0.25, 0.3) is 10.2 Å². The third-order valence-electron chi connectivity index (χ3n) is 5.38. The molecule has 0 spiro atoms. The van der Waals surface area contributed by atoms with Crippen LogP contribution in [0.4, 0.5) is 0 Å². The first-order valence-electron chi connectivity index (χ1n) is 10.6. The van der Waals surface area contributed by atoms with Crippen molar-refractivity contribution in [2.24, 2.45) is 12.0 Å². The summed E-state index contributed by atoms with van der Waals surface area (Å²) < 4.78 is 31.0. The van der Waals surface area contributed by atoms with Crippen LogP contribution in [-0.2, 0) is 23.6 Å². The zero-order valence-corrected chi connectivity index (χ0v) is 20.3. The van der Waals surface area contributed by atoms with Crippen LogP contribution in [0.2, 0.25) is 0 Å². The van der Waals surface area contributed by atoms with Gasteiger partial charge in [-0.3, -0.25) is 4.79 Å². The molecule has 0 atom stereocenters. The van der Waals surface area contributed by atoms with Crippen LogP contribution in [0.15, 0.2) is 88.8 Å². The minimum absolute atomic E-state index is 0.149. The number of thiazole rings is 1. The van der Waals surface area contributed by atoms with Gasteiger partial charge >= 0.3 is 0 Å². The van der Waals surface area contributed by atoms with E-state index in [4.69, 9.17) is 0 Å². The van der Waals surface area contributed by atoms with Crippen molar-refractivity contribution in [1.29, 1.82) is 0 Å². The van der Waals surface area contributed by atoms with Gasteiger partial charge in [0.2, 0.25) is 10.0 Å². The highest BCUT2D eigenvalue weighted by Crippen LogP contribution is 2.22. The molecule has 170 valence electrons. The van der Waals surface area contributed by atoms with Gasteiger partial charge in [-0.1, -0.05) is 53.8 Å². The summed E-state index contributed by atoms with van der Waals surface area (Å²) in [6.45, 7) is 3.98. The van der Waals surface area contributed by atoms with Gasteiger partial charge in [-0.15, -0.1) is 0 Å². The van der Waals surface area contributed by atoms with Gasteiger partial charge in [0.25, 0.3) is 5.91 Å². The molecule has 0 aliphatic rings. The molecule has 0 aliphatic carbocycles. The third-order valence-corrected chi connectivity index (χ3v) is 8.53. The lowest BCUT2D eigenvalue weighted by atomic mass is 10.2. The lowest BCUT2D eigenvalue weighted by molar-refractivity contribution is 0.0998. The van der Waals surface area contributed by atoms with E-state index in [-0.39, 0.29) is 17.5 Å². The molecule has 0 fully saturated rings. The van der Waals surface area contributed by atoms with Crippen molar-refractivity contribution in [3.63, 3.8) is 0 Å². The lowest BCUT2D eigenvalue weighted by Gasteiger charge is -2.26. The number of sulfonamides is 1. The Kier molecular flexibility index (Phi) is 6.60. The molecule has 0 aliphatic heterocycles. The Labute approximate surface area is 197 Å². The van der Waals surface area contributed by atoms with Crippen LogP contribution in [0.1, 0.15) is 29.8 Å². The van der Waals surface area contributed by atoms with E-state index in [2.05, 4.69) is 4.99 Å². The SMILES string of the molecule is CC(C)N(Cc1ccccc1)S(=O)(=O)c1ccc(C(=O)N=c2sc3ccccc3n2C)cc1. The first-order valence-corrected chi connectivity index (χ1v) is 12.8. The second-order valence-corrected chi connectivity index (χ2v) is 10.9. The molecule has 0 unspecified atom stereocenters. The smallest absolute Gasteiger partial charge is 0.279 e. The first-order chi connectivity index (χ1) is 15.8. The van der Waals surface area contributed by atoms with E-state index in [1.807, 2.05) is 80.1 Å². The summed E-state index contributed by atoms with van der Waals surface area (Å²) in [5.41, 5.74) is 2.25. The zero-order valence-electron chi connectivity index (χ0n) is 18.7. The first kappa shape index (κ1) is 23.1. The van der Waals surface area contributed by atoms with E-state index in [0.717, 1.165) is 15.8 Å². The Bertz CT molecular complexity index is 1450. The fourth-order valence-electron chi connectivity index (χ4n) is 3.55. The number of hydrogen-bond donors (Lipinski definition) is 0. The predicted octanol–water partition coefficient (Wildman–Crippen LogP) is 4.58.